The average molecular weight is 362 g/mol. The van der Waals surface area contributed by atoms with Crippen LogP contribution in [-0.2, 0) is 16.6 Å². The Kier molecular flexibility index (Phi) is 5.24. The highest BCUT2D eigenvalue weighted by Crippen LogP contribution is 2.23. The lowest BCUT2D eigenvalue weighted by Crippen LogP contribution is -2.36. The zero-order valence-electron chi connectivity index (χ0n) is 14.2. The van der Waals surface area contributed by atoms with Gasteiger partial charge in [0.2, 0.25) is 10.0 Å². The van der Waals surface area contributed by atoms with E-state index < -0.39 is 10.0 Å². The minimum Gasteiger partial charge on any atom is -0.469 e. The molecule has 1 amide bonds. The Labute approximate surface area is 147 Å². The SMILES string of the molecule is Cc1occc1C(=O)NCc1ccccc1S(=O)(=O)N1CCCCC1. The molecular formula is C18H22N2O4S. The predicted octanol–water partition coefficient (Wildman–Crippen LogP) is 2.69. The van der Waals surface area contributed by atoms with Gasteiger partial charge in [0.05, 0.1) is 16.7 Å². The molecule has 25 heavy (non-hydrogen) atoms. The standard InChI is InChI=1S/C18H22N2O4S/c1-14-16(9-12-24-14)18(21)19-13-15-7-3-4-8-17(15)25(22,23)20-10-5-2-6-11-20/h3-4,7-9,12H,2,5-6,10-11,13H2,1H3,(H,19,21). The molecule has 0 aliphatic carbocycles. The Bertz CT molecular complexity index is 851. The van der Waals surface area contributed by atoms with Gasteiger partial charge in [-0.15, -0.1) is 0 Å². The van der Waals surface area contributed by atoms with Gasteiger partial charge < -0.3 is 9.73 Å². The summed E-state index contributed by atoms with van der Waals surface area (Å²) in [6.45, 7) is 2.96. The maximum absolute atomic E-state index is 12.9. The van der Waals surface area contributed by atoms with Crippen LogP contribution in [0.5, 0.6) is 0 Å². The van der Waals surface area contributed by atoms with Gasteiger partial charge >= 0.3 is 0 Å². The number of hydrogen-bond acceptors (Lipinski definition) is 4. The number of carbonyl (C=O) groups is 1. The van der Waals surface area contributed by atoms with Gasteiger partial charge in [-0.1, -0.05) is 24.6 Å². The third kappa shape index (κ3) is 3.77. The predicted molar refractivity (Wildman–Crippen MR) is 93.7 cm³/mol. The topological polar surface area (TPSA) is 79.6 Å². The fourth-order valence-electron chi connectivity index (χ4n) is 3.04. The lowest BCUT2D eigenvalue weighted by molar-refractivity contribution is 0.0949. The summed E-state index contributed by atoms with van der Waals surface area (Å²) in [5.41, 5.74) is 1.04. The van der Waals surface area contributed by atoms with E-state index in [1.54, 1.807) is 37.3 Å². The molecule has 6 nitrogen and oxygen atoms in total. The lowest BCUT2D eigenvalue weighted by Gasteiger charge is -2.26. The lowest BCUT2D eigenvalue weighted by atomic mass is 10.2. The quantitative estimate of drug-likeness (QED) is 0.887. The highest BCUT2D eigenvalue weighted by Gasteiger charge is 2.28. The van der Waals surface area contributed by atoms with Gasteiger partial charge in [0.1, 0.15) is 5.76 Å². The van der Waals surface area contributed by atoms with Crippen LogP contribution in [0.1, 0.15) is 40.9 Å². The van der Waals surface area contributed by atoms with Crippen LogP contribution in [0, 0.1) is 6.92 Å². The number of amides is 1. The number of aryl methyl sites for hydroxylation is 1. The zero-order chi connectivity index (χ0) is 17.9. The molecule has 1 aliphatic heterocycles. The molecule has 0 unspecified atom stereocenters. The molecule has 0 saturated carbocycles. The summed E-state index contributed by atoms with van der Waals surface area (Å²) in [5, 5.41) is 2.78. The van der Waals surface area contributed by atoms with Crippen LogP contribution in [0.25, 0.3) is 0 Å². The Morgan fingerprint density at radius 3 is 2.56 bits per heavy atom. The highest BCUT2D eigenvalue weighted by atomic mass is 32.2. The van der Waals surface area contributed by atoms with Crippen LogP contribution in [0.15, 0.2) is 45.9 Å². The number of furan rings is 1. The number of sulfonamides is 1. The number of piperidine rings is 1. The van der Waals surface area contributed by atoms with Crippen molar-refractivity contribution in [2.24, 2.45) is 0 Å². The van der Waals surface area contributed by atoms with Gasteiger partial charge in [-0.3, -0.25) is 4.79 Å². The molecule has 0 radical (unpaired) electrons. The van der Waals surface area contributed by atoms with E-state index in [4.69, 9.17) is 4.42 Å². The molecule has 0 atom stereocenters. The van der Waals surface area contributed by atoms with Gasteiger partial charge in [-0.2, -0.15) is 4.31 Å². The van der Waals surface area contributed by atoms with Crippen molar-refractivity contribution in [2.75, 3.05) is 13.1 Å². The molecular weight excluding hydrogens is 340 g/mol. The fourth-order valence-corrected chi connectivity index (χ4v) is 4.78. The minimum atomic E-state index is -3.54. The van der Waals surface area contributed by atoms with Crippen molar-refractivity contribution >= 4 is 15.9 Å². The molecule has 0 spiro atoms. The van der Waals surface area contributed by atoms with E-state index in [-0.39, 0.29) is 17.3 Å². The summed E-state index contributed by atoms with van der Waals surface area (Å²) in [6.07, 6.45) is 4.29. The first-order valence-electron chi connectivity index (χ1n) is 8.40. The summed E-state index contributed by atoms with van der Waals surface area (Å²) in [5.74, 6) is 0.253. The molecule has 1 aliphatic rings. The van der Waals surface area contributed by atoms with E-state index in [9.17, 15) is 13.2 Å². The summed E-state index contributed by atoms with van der Waals surface area (Å²) in [7, 11) is -3.54. The molecule has 1 N–H and O–H groups in total. The van der Waals surface area contributed by atoms with Crippen molar-refractivity contribution in [1.82, 2.24) is 9.62 Å². The first-order chi connectivity index (χ1) is 12.0. The van der Waals surface area contributed by atoms with E-state index in [1.807, 2.05) is 0 Å². The van der Waals surface area contributed by atoms with Crippen molar-refractivity contribution in [3.8, 4) is 0 Å². The number of nitrogens with zero attached hydrogens (tertiary/aromatic N) is 1. The molecule has 2 aromatic rings. The maximum atomic E-state index is 12.9. The van der Waals surface area contributed by atoms with Crippen LogP contribution in [0.4, 0.5) is 0 Å². The Balaban J connectivity index is 1.79. The van der Waals surface area contributed by atoms with Gasteiger partial charge in [-0.25, -0.2) is 8.42 Å². The van der Waals surface area contributed by atoms with Gasteiger partial charge in [0.25, 0.3) is 5.91 Å². The Hall–Kier alpha value is -2.12. The third-order valence-electron chi connectivity index (χ3n) is 4.45. The normalized spacial score (nSPS) is 15.9. The zero-order valence-corrected chi connectivity index (χ0v) is 15.0. The van der Waals surface area contributed by atoms with Crippen LogP contribution >= 0.6 is 0 Å². The second-order valence-electron chi connectivity index (χ2n) is 6.15. The Morgan fingerprint density at radius 2 is 1.88 bits per heavy atom. The van der Waals surface area contributed by atoms with Crippen LogP contribution in [0.2, 0.25) is 0 Å². The summed E-state index contributed by atoms with van der Waals surface area (Å²) in [4.78, 5) is 12.5. The number of nitrogens with one attached hydrogen (secondary N) is 1. The monoisotopic (exact) mass is 362 g/mol. The average Bonchev–Trinajstić information content (AvgIpc) is 3.07. The van der Waals surface area contributed by atoms with Crippen molar-refractivity contribution in [2.45, 2.75) is 37.6 Å². The number of rotatable bonds is 5. The van der Waals surface area contributed by atoms with Gasteiger partial charge in [0, 0.05) is 19.6 Å². The number of hydrogen-bond donors (Lipinski definition) is 1. The van der Waals surface area contributed by atoms with Crippen molar-refractivity contribution in [3.63, 3.8) is 0 Å². The van der Waals surface area contributed by atoms with E-state index >= 15 is 0 Å². The van der Waals surface area contributed by atoms with Gasteiger partial charge in [-0.05, 0) is 37.5 Å². The molecule has 1 saturated heterocycles. The Morgan fingerprint density at radius 1 is 1.16 bits per heavy atom. The molecule has 134 valence electrons. The maximum Gasteiger partial charge on any atom is 0.255 e. The summed E-state index contributed by atoms with van der Waals surface area (Å²) >= 11 is 0. The van der Waals surface area contributed by atoms with Crippen molar-refractivity contribution in [3.05, 3.63) is 53.5 Å². The molecule has 0 bridgehead atoms. The largest absolute Gasteiger partial charge is 0.469 e. The molecule has 2 heterocycles. The number of carbonyl (C=O) groups excluding carboxylic acids is 1. The van der Waals surface area contributed by atoms with E-state index in [1.165, 1.54) is 10.6 Å². The fraction of sp³-hybridized carbons (Fsp3) is 0.389. The molecule has 1 aromatic heterocycles. The van der Waals surface area contributed by atoms with Crippen molar-refractivity contribution in [1.29, 1.82) is 0 Å². The molecule has 3 rings (SSSR count). The number of benzene rings is 1. The van der Waals surface area contributed by atoms with Gasteiger partial charge in [0.15, 0.2) is 0 Å². The second-order valence-corrected chi connectivity index (χ2v) is 8.05. The second kappa shape index (κ2) is 7.41. The van der Waals surface area contributed by atoms with Crippen molar-refractivity contribution < 1.29 is 17.6 Å². The molecule has 1 fully saturated rings. The highest BCUT2D eigenvalue weighted by molar-refractivity contribution is 7.89. The first kappa shape index (κ1) is 17.7. The first-order valence-corrected chi connectivity index (χ1v) is 9.84. The summed E-state index contributed by atoms with van der Waals surface area (Å²) < 4.78 is 32.5. The smallest absolute Gasteiger partial charge is 0.255 e. The van der Waals surface area contributed by atoms with Crippen LogP contribution in [0.3, 0.4) is 0 Å². The molecule has 7 heteroatoms. The third-order valence-corrected chi connectivity index (χ3v) is 6.45. The molecule has 1 aromatic carbocycles. The van der Waals surface area contributed by atoms with E-state index in [0.29, 0.717) is 30.0 Å². The minimum absolute atomic E-state index is 0.146. The van der Waals surface area contributed by atoms with Crippen LogP contribution < -0.4 is 5.32 Å². The van der Waals surface area contributed by atoms with E-state index in [0.717, 1.165) is 19.3 Å². The summed E-state index contributed by atoms with van der Waals surface area (Å²) in [6, 6.07) is 8.43. The van der Waals surface area contributed by atoms with Crippen LogP contribution in [-0.4, -0.2) is 31.7 Å². The van der Waals surface area contributed by atoms with E-state index in [2.05, 4.69) is 5.32 Å².